The number of hydrogen-bond donors (Lipinski definition) is 2. The molecule has 2 nitrogen and oxygen atoms in total. The van der Waals surface area contributed by atoms with Crippen molar-refractivity contribution >= 4 is 14.1 Å². The lowest BCUT2D eigenvalue weighted by molar-refractivity contribution is 1.17. The molecule has 11 heavy (non-hydrogen) atoms. The highest BCUT2D eigenvalue weighted by atomic mass is 28.3. The fraction of sp³-hybridized carbons (Fsp3) is 0.250. The summed E-state index contributed by atoms with van der Waals surface area (Å²) in [4.78, 5) is 3.28. The van der Waals surface area contributed by atoms with E-state index in [9.17, 15) is 0 Å². The van der Waals surface area contributed by atoms with E-state index in [1.165, 1.54) is 5.19 Å². The van der Waals surface area contributed by atoms with Gasteiger partial charge in [0.25, 0.3) is 0 Å². The fourth-order valence-electron chi connectivity index (χ4n) is 1.11. The van der Waals surface area contributed by atoms with Gasteiger partial charge in [0.15, 0.2) is 8.96 Å². The van der Waals surface area contributed by atoms with Gasteiger partial charge in [-0.05, 0) is 12.2 Å². The Kier molecular flexibility index (Phi) is 3.29. The second-order valence-electron chi connectivity index (χ2n) is 2.49. The first kappa shape index (κ1) is 8.45. The van der Waals surface area contributed by atoms with Crippen molar-refractivity contribution < 1.29 is 0 Å². The monoisotopic (exact) mass is 166 g/mol. The molecule has 1 atom stereocenters. The van der Waals surface area contributed by atoms with Crippen LogP contribution in [0.2, 0.25) is 0 Å². The Morgan fingerprint density at radius 2 is 2.00 bits per heavy atom. The number of nitrogens with one attached hydrogen (secondary N) is 1. The predicted molar refractivity (Wildman–Crippen MR) is 51.3 cm³/mol. The van der Waals surface area contributed by atoms with Crippen LogP contribution in [0.15, 0.2) is 30.3 Å². The molecule has 0 aliphatic rings. The Hall–Kier alpha value is -0.643. The van der Waals surface area contributed by atoms with E-state index in [1.54, 1.807) is 0 Å². The third-order valence-electron chi connectivity index (χ3n) is 1.79. The Morgan fingerprint density at radius 3 is 2.45 bits per heavy atom. The first-order valence-electron chi connectivity index (χ1n) is 3.80. The molecule has 60 valence electrons. The van der Waals surface area contributed by atoms with Gasteiger partial charge in [-0.1, -0.05) is 30.3 Å². The van der Waals surface area contributed by atoms with Gasteiger partial charge in [0, 0.05) is 6.17 Å². The van der Waals surface area contributed by atoms with E-state index in [0.29, 0.717) is 0 Å². The van der Waals surface area contributed by atoms with E-state index in [2.05, 4.69) is 29.2 Å². The molecule has 0 radical (unpaired) electrons. The maximum Gasteiger partial charge on any atom is 0.154 e. The topological polar surface area (TPSA) is 38.0 Å². The zero-order valence-corrected chi connectivity index (χ0v) is 7.90. The molecule has 0 aromatic heterocycles. The Morgan fingerprint density at radius 1 is 1.36 bits per heavy atom. The van der Waals surface area contributed by atoms with Crippen LogP contribution in [-0.4, -0.2) is 22.2 Å². The van der Waals surface area contributed by atoms with Crippen LogP contribution < -0.4 is 15.9 Å². The minimum Gasteiger partial charge on any atom is -0.338 e. The molecule has 0 heterocycles. The van der Waals surface area contributed by atoms with Crippen LogP contribution >= 0.6 is 0 Å². The summed E-state index contributed by atoms with van der Waals surface area (Å²) in [6, 6.07) is 10.4. The first-order chi connectivity index (χ1) is 5.38. The summed E-state index contributed by atoms with van der Waals surface area (Å²) in [5.41, 5.74) is 5.61. The first-order valence-corrected chi connectivity index (χ1v) is 5.78. The van der Waals surface area contributed by atoms with Crippen molar-refractivity contribution in [3.8, 4) is 0 Å². The van der Waals surface area contributed by atoms with Crippen molar-refractivity contribution in [3.63, 3.8) is 0 Å². The highest BCUT2D eigenvalue weighted by Gasteiger charge is 2.06. The number of hydrogen-bond acceptors (Lipinski definition) is 2. The van der Waals surface area contributed by atoms with Crippen molar-refractivity contribution in [1.82, 2.24) is 4.98 Å². The lowest BCUT2D eigenvalue weighted by Crippen LogP contribution is -2.48. The van der Waals surface area contributed by atoms with Crippen LogP contribution in [-0.2, 0) is 0 Å². The third-order valence-corrected chi connectivity index (χ3v) is 4.14. The summed E-state index contributed by atoms with van der Waals surface area (Å²) in [6.07, 6.45) is 0.778. The normalized spacial score (nSPS) is 12.9. The molecule has 1 aromatic carbocycles. The highest BCUT2D eigenvalue weighted by Crippen LogP contribution is 1.83. The molecule has 1 unspecified atom stereocenters. The van der Waals surface area contributed by atoms with Crippen molar-refractivity contribution in [3.05, 3.63) is 30.3 Å². The van der Waals surface area contributed by atoms with Crippen LogP contribution in [0.1, 0.15) is 0 Å². The molecule has 0 fully saturated rings. The Bertz CT molecular complexity index is 197. The van der Waals surface area contributed by atoms with Gasteiger partial charge in [0.1, 0.15) is 0 Å². The lowest BCUT2D eigenvalue weighted by atomic mass is 10.4. The SMILES string of the molecule is CN[SiH](CN)c1ccccc1. The van der Waals surface area contributed by atoms with Crippen LogP contribution in [0.3, 0.4) is 0 Å². The summed E-state index contributed by atoms with van der Waals surface area (Å²) < 4.78 is 0. The van der Waals surface area contributed by atoms with Crippen LogP contribution in [0.4, 0.5) is 0 Å². The van der Waals surface area contributed by atoms with Gasteiger partial charge in [-0.3, -0.25) is 0 Å². The molecular weight excluding hydrogens is 152 g/mol. The van der Waals surface area contributed by atoms with E-state index >= 15 is 0 Å². The van der Waals surface area contributed by atoms with E-state index < -0.39 is 8.96 Å². The van der Waals surface area contributed by atoms with Crippen molar-refractivity contribution in [2.45, 2.75) is 0 Å². The summed E-state index contributed by atoms with van der Waals surface area (Å²) in [6.45, 7) is 0. The number of benzene rings is 1. The fourth-order valence-corrected chi connectivity index (χ4v) is 2.63. The van der Waals surface area contributed by atoms with Gasteiger partial charge < -0.3 is 10.7 Å². The van der Waals surface area contributed by atoms with Crippen LogP contribution in [0.5, 0.6) is 0 Å². The molecule has 1 aromatic rings. The molecule has 3 heteroatoms. The maximum absolute atomic E-state index is 5.61. The van der Waals surface area contributed by atoms with Gasteiger partial charge in [0.2, 0.25) is 0 Å². The van der Waals surface area contributed by atoms with Gasteiger partial charge >= 0.3 is 0 Å². The lowest BCUT2D eigenvalue weighted by Gasteiger charge is -2.10. The van der Waals surface area contributed by atoms with Crippen molar-refractivity contribution in [2.24, 2.45) is 5.73 Å². The average molecular weight is 166 g/mol. The molecule has 1 rings (SSSR count). The van der Waals surface area contributed by atoms with Crippen molar-refractivity contribution in [2.75, 3.05) is 13.2 Å². The van der Waals surface area contributed by atoms with Crippen molar-refractivity contribution in [1.29, 1.82) is 0 Å². The Labute approximate surface area is 69.1 Å². The highest BCUT2D eigenvalue weighted by molar-refractivity contribution is 6.70. The molecule has 0 spiro atoms. The van der Waals surface area contributed by atoms with Crippen LogP contribution in [0, 0.1) is 0 Å². The van der Waals surface area contributed by atoms with E-state index in [4.69, 9.17) is 5.73 Å². The quantitative estimate of drug-likeness (QED) is 0.585. The van der Waals surface area contributed by atoms with Gasteiger partial charge in [-0.15, -0.1) is 0 Å². The van der Waals surface area contributed by atoms with Gasteiger partial charge in [-0.2, -0.15) is 0 Å². The molecule has 0 saturated carbocycles. The molecular formula is C8H14N2Si. The van der Waals surface area contributed by atoms with E-state index in [-0.39, 0.29) is 0 Å². The Balaban J connectivity index is 2.74. The van der Waals surface area contributed by atoms with Gasteiger partial charge in [0.05, 0.1) is 0 Å². The minimum atomic E-state index is -1.02. The molecule has 0 aliphatic carbocycles. The minimum absolute atomic E-state index is 0.778. The third kappa shape index (κ3) is 2.15. The maximum atomic E-state index is 5.61. The standard InChI is InChI=1S/C8H14N2Si/c1-10-11(7-9)8-5-3-2-4-6-8/h2-6,10-11H,7,9H2,1H3. The second kappa shape index (κ2) is 4.28. The summed E-state index contributed by atoms with van der Waals surface area (Å²) in [5.74, 6) is 0. The average Bonchev–Trinajstić information content (AvgIpc) is 2.09. The smallest absolute Gasteiger partial charge is 0.154 e. The number of rotatable bonds is 3. The van der Waals surface area contributed by atoms with E-state index in [1.807, 2.05) is 13.1 Å². The second-order valence-corrected chi connectivity index (χ2v) is 5.31. The van der Waals surface area contributed by atoms with Crippen LogP contribution in [0.25, 0.3) is 0 Å². The molecule has 0 aliphatic heterocycles. The zero-order chi connectivity index (χ0) is 8.10. The summed E-state index contributed by atoms with van der Waals surface area (Å²) in [7, 11) is 0.960. The molecule has 3 N–H and O–H groups in total. The number of nitrogens with two attached hydrogens (primary N) is 1. The summed E-state index contributed by atoms with van der Waals surface area (Å²) >= 11 is 0. The van der Waals surface area contributed by atoms with E-state index in [0.717, 1.165) is 6.17 Å². The zero-order valence-electron chi connectivity index (χ0n) is 6.75. The molecule has 0 bridgehead atoms. The molecule has 0 saturated heterocycles. The predicted octanol–water partition coefficient (Wildman–Crippen LogP) is -0.665. The largest absolute Gasteiger partial charge is 0.338 e. The summed E-state index contributed by atoms with van der Waals surface area (Å²) in [5, 5.41) is 1.39. The van der Waals surface area contributed by atoms with Gasteiger partial charge in [-0.25, -0.2) is 0 Å². The molecule has 0 amide bonds.